The second kappa shape index (κ2) is 9.34. The third kappa shape index (κ3) is 5.42. The highest BCUT2D eigenvalue weighted by Crippen LogP contribution is 2.19. The van der Waals surface area contributed by atoms with Gasteiger partial charge < -0.3 is 19.7 Å². The van der Waals surface area contributed by atoms with E-state index in [2.05, 4.69) is 25.2 Å². The van der Waals surface area contributed by atoms with Crippen molar-refractivity contribution in [1.29, 1.82) is 0 Å². The molecule has 8 heteroatoms. The molecular weight excluding hydrogens is 342 g/mol. The minimum atomic E-state index is -0.0112. The summed E-state index contributed by atoms with van der Waals surface area (Å²) in [6.07, 6.45) is 11.3. The van der Waals surface area contributed by atoms with E-state index in [1.807, 2.05) is 30.9 Å². The van der Waals surface area contributed by atoms with Crippen molar-refractivity contribution in [1.82, 2.24) is 29.7 Å². The molecule has 2 aromatic heterocycles. The molecule has 1 saturated heterocycles. The first kappa shape index (κ1) is 19.1. The van der Waals surface area contributed by atoms with Gasteiger partial charge in [-0.1, -0.05) is 0 Å². The van der Waals surface area contributed by atoms with E-state index in [-0.39, 0.29) is 6.03 Å². The van der Waals surface area contributed by atoms with Crippen molar-refractivity contribution in [3.8, 4) is 0 Å². The molecule has 27 heavy (non-hydrogen) atoms. The standard InChI is InChI=1S/C19H29N7O/c1-24-13-10-20-17(24)7-4-11-25(2)19(27)23-14-16-6-3-12-26(15-16)18-21-8-5-9-22-18/h5,8-10,13,16H,3-4,6-7,11-12,14-15H2,1-2H3,(H,23,27)/t16-/m0/s1. The molecule has 0 bridgehead atoms. The van der Waals surface area contributed by atoms with E-state index in [0.717, 1.165) is 50.5 Å². The molecule has 0 aliphatic carbocycles. The topological polar surface area (TPSA) is 79.2 Å². The quantitative estimate of drug-likeness (QED) is 0.801. The number of imidazole rings is 1. The van der Waals surface area contributed by atoms with Crippen LogP contribution in [0.25, 0.3) is 0 Å². The van der Waals surface area contributed by atoms with Crippen molar-refractivity contribution in [2.45, 2.75) is 25.7 Å². The number of carbonyl (C=O) groups is 1. The number of anilines is 1. The Kier molecular flexibility index (Phi) is 6.62. The van der Waals surface area contributed by atoms with Gasteiger partial charge in [0.1, 0.15) is 5.82 Å². The maximum absolute atomic E-state index is 12.4. The molecule has 1 fully saturated rings. The smallest absolute Gasteiger partial charge is 0.317 e. The average molecular weight is 371 g/mol. The van der Waals surface area contributed by atoms with Crippen molar-refractivity contribution in [3.05, 3.63) is 36.7 Å². The molecule has 1 atom stereocenters. The Hall–Kier alpha value is -2.64. The maximum Gasteiger partial charge on any atom is 0.317 e. The lowest BCUT2D eigenvalue weighted by Crippen LogP contribution is -2.44. The molecule has 1 aliphatic heterocycles. The van der Waals surface area contributed by atoms with Gasteiger partial charge in [-0.3, -0.25) is 0 Å². The van der Waals surface area contributed by atoms with E-state index < -0.39 is 0 Å². The SMILES string of the molecule is CN(CCCc1nccn1C)C(=O)NC[C@@H]1CCCN(c2ncccn2)C1. The van der Waals surface area contributed by atoms with Gasteiger partial charge in [0.25, 0.3) is 0 Å². The summed E-state index contributed by atoms with van der Waals surface area (Å²) in [6.45, 7) is 3.26. The average Bonchev–Trinajstić information content (AvgIpc) is 3.11. The fourth-order valence-electron chi connectivity index (χ4n) is 3.45. The Morgan fingerprint density at radius 3 is 2.85 bits per heavy atom. The molecule has 1 aliphatic rings. The number of piperidine rings is 1. The first-order chi connectivity index (χ1) is 13.1. The van der Waals surface area contributed by atoms with E-state index in [0.29, 0.717) is 19.0 Å². The molecular formula is C19H29N7O. The van der Waals surface area contributed by atoms with E-state index in [4.69, 9.17) is 0 Å². The lowest BCUT2D eigenvalue weighted by molar-refractivity contribution is 0.205. The fourth-order valence-corrected chi connectivity index (χ4v) is 3.45. The molecule has 2 amide bonds. The summed E-state index contributed by atoms with van der Waals surface area (Å²) in [4.78, 5) is 29.3. The number of urea groups is 1. The number of aryl methyl sites for hydroxylation is 2. The van der Waals surface area contributed by atoms with Crippen LogP contribution in [0.3, 0.4) is 0 Å². The third-order valence-electron chi connectivity index (χ3n) is 5.06. The highest BCUT2D eigenvalue weighted by molar-refractivity contribution is 5.73. The molecule has 8 nitrogen and oxygen atoms in total. The zero-order chi connectivity index (χ0) is 19.1. The molecule has 3 rings (SSSR count). The number of nitrogens with one attached hydrogen (secondary N) is 1. The Labute approximate surface area is 160 Å². The van der Waals surface area contributed by atoms with Crippen LogP contribution in [-0.2, 0) is 13.5 Å². The summed E-state index contributed by atoms with van der Waals surface area (Å²) < 4.78 is 2.02. The van der Waals surface area contributed by atoms with Gasteiger partial charge in [0.15, 0.2) is 0 Å². The van der Waals surface area contributed by atoms with Crippen LogP contribution in [0.2, 0.25) is 0 Å². The van der Waals surface area contributed by atoms with Crippen LogP contribution in [-0.4, -0.2) is 63.7 Å². The lowest BCUT2D eigenvalue weighted by Gasteiger charge is -2.33. The van der Waals surface area contributed by atoms with E-state index in [9.17, 15) is 4.79 Å². The summed E-state index contributed by atoms with van der Waals surface area (Å²) in [5.41, 5.74) is 0. The minimum Gasteiger partial charge on any atom is -0.340 e. The Morgan fingerprint density at radius 2 is 2.11 bits per heavy atom. The van der Waals surface area contributed by atoms with Crippen LogP contribution >= 0.6 is 0 Å². The van der Waals surface area contributed by atoms with Crippen molar-refractivity contribution in [2.75, 3.05) is 38.1 Å². The number of aromatic nitrogens is 4. The van der Waals surface area contributed by atoms with Crippen molar-refractivity contribution in [3.63, 3.8) is 0 Å². The molecule has 2 aromatic rings. The van der Waals surface area contributed by atoms with Crippen LogP contribution < -0.4 is 10.2 Å². The van der Waals surface area contributed by atoms with E-state index >= 15 is 0 Å². The summed E-state index contributed by atoms with van der Waals surface area (Å²) >= 11 is 0. The van der Waals surface area contributed by atoms with Gasteiger partial charge in [0.2, 0.25) is 5.95 Å². The third-order valence-corrected chi connectivity index (χ3v) is 5.06. The molecule has 0 radical (unpaired) electrons. The molecule has 3 heterocycles. The number of carbonyl (C=O) groups excluding carboxylic acids is 1. The lowest BCUT2D eigenvalue weighted by atomic mass is 9.98. The van der Waals surface area contributed by atoms with Gasteiger partial charge in [-0.2, -0.15) is 0 Å². The molecule has 146 valence electrons. The van der Waals surface area contributed by atoms with Crippen molar-refractivity contribution < 1.29 is 4.79 Å². The minimum absolute atomic E-state index is 0.0112. The zero-order valence-electron chi connectivity index (χ0n) is 16.2. The summed E-state index contributed by atoms with van der Waals surface area (Å²) in [5.74, 6) is 2.25. The van der Waals surface area contributed by atoms with Gasteiger partial charge in [0, 0.05) is 71.5 Å². The number of amides is 2. The zero-order valence-corrected chi connectivity index (χ0v) is 16.2. The molecule has 0 unspecified atom stereocenters. The fraction of sp³-hybridized carbons (Fsp3) is 0.579. The summed E-state index contributed by atoms with van der Waals surface area (Å²) in [5, 5.41) is 3.08. The second-order valence-electron chi connectivity index (χ2n) is 7.17. The molecule has 1 N–H and O–H groups in total. The first-order valence-electron chi connectivity index (χ1n) is 9.60. The number of hydrogen-bond donors (Lipinski definition) is 1. The monoisotopic (exact) mass is 371 g/mol. The molecule has 0 spiro atoms. The second-order valence-corrected chi connectivity index (χ2v) is 7.17. The van der Waals surface area contributed by atoms with Crippen LogP contribution in [0.4, 0.5) is 10.7 Å². The highest BCUT2D eigenvalue weighted by Gasteiger charge is 2.22. The maximum atomic E-state index is 12.4. The van der Waals surface area contributed by atoms with Crippen molar-refractivity contribution in [2.24, 2.45) is 13.0 Å². The van der Waals surface area contributed by atoms with Gasteiger partial charge in [-0.05, 0) is 31.2 Å². The van der Waals surface area contributed by atoms with E-state index in [1.165, 1.54) is 0 Å². The molecule has 0 saturated carbocycles. The normalized spacial score (nSPS) is 17.0. The number of hydrogen-bond acceptors (Lipinski definition) is 5. The number of nitrogens with zero attached hydrogens (tertiary/aromatic N) is 6. The predicted molar refractivity (Wildman–Crippen MR) is 105 cm³/mol. The summed E-state index contributed by atoms with van der Waals surface area (Å²) in [7, 11) is 3.84. The van der Waals surface area contributed by atoms with Gasteiger partial charge in [-0.15, -0.1) is 0 Å². The van der Waals surface area contributed by atoms with Gasteiger partial charge in [0.05, 0.1) is 0 Å². The van der Waals surface area contributed by atoms with Crippen LogP contribution in [0, 0.1) is 5.92 Å². The van der Waals surface area contributed by atoms with Crippen LogP contribution in [0.1, 0.15) is 25.1 Å². The van der Waals surface area contributed by atoms with Gasteiger partial charge in [-0.25, -0.2) is 19.7 Å². The Bertz CT molecular complexity index is 718. The van der Waals surface area contributed by atoms with Crippen LogP contribution in [0.5, 0.6) is 0 Å². The number of rotatable bonds is 7. The van der Waals surface area contributed by atoms with Crippen molar-refractivity contribution >= 4 is 12.0 Å². The Morgan fingerprint density at radius 1 is 1.30 bits per heavy atom. The highest BCUT2D eigenvalue weighted by atomic mass is 16.2. The first-order valence-corrected chi connectivity index (χ1v) is 9.60. The molecule has 0 aromatic carbocycles. The predicted octanol–water partition coefficient (Wildman–Crippen LogP) is 1.70. The van der Waals surface area contributed by atoms with Gasteiger partial charge >= 0.3 is 6.03 Å². The largest absolute Gasteiger partial charge is 0.340 e. The van der Waals surface area contributed by atoms with Crippen LogP contribution in [0.15, 0.2) is 30.9 Å². The van der Waals surface area contributed by atoms with E-state index in [1.54, 1.807) is 23.5 Å². The Balaban J connectivity index is 1.38. The summed E-state index contributed by atoms with van der Waals surface area (Å²) in [6, 6.07) is 1.82.